The molecule has 0 amide bonds. The van der Waals surface area contributed by atoms with Crippen molar-refractivity contribution in [2.45, 2.75) is 64.7 Å². The van der Waals surface area contributed by atoms with E-state index in [-0.39, 0.29) is 5.75 Å². The van der Waals surface area contributed by atoms with Crippen molar-refractivity contribution in [3.63, 3.8) is 0 Å². The molecule has 0 aromatic heterocycles. The summed E-state index contributed by atoms with van der Waals surface area (Å²) in [5.41, 5.74) is 0. The van der Waals surface area contributed by atoms with Crippen LogP contribution >= 0.6 is 0 Å². The minimum Gasteiger partial charge on any atom is -0.381 e. The van der Waals surface area contributed by atoms with Crippen molar-refractivity contribution in [2.75, 3.05) is 19.0 Å². The van der Waals surface area contributed by atoms with E-state index in [4.69, 9.17) is 9.29 Å². The molecular formula is C13H28O4S. The Kier molecular flexibility index (Phi) is 11.8. The molecule has 0 aromatic rings. The quantitative estimate of drug-likeness (QED) is 0.415. The fourth-order valence-electron chi connectivity index (χ4n) is 1.72. The normalized spacial score (nSPS) is 11.9. The molecule has 110 valence electrons. The molecule has 0 aliphatic heterocycles. The molecule has 0 unspecified atom stereocenters. The zero-order valence-electron chi connectivity index (χ0n) is 11.6. The van der Waals surface area contributed by atoms with Crippen molar-refractivity contribution in [1.82, 2.24) is 0 Å². The summed E-state index contributed by atoms with van der Waals surface area (Å²) < 4.78 is 34.9. The Labute approximate surface area is 112 Å². The average Bonchev–Trinajstić information content (AvgIpc) is 2.29. The van der Waals surface area contributed by atoms with Gasteiger partial charge < -0.3 is 4.74 Å². The van der Waals surface area contributed by atoms with E-state index in [2.05, 4.69) is 6.92 Å². The minimum atomic E-state index is -3.75. The lowest BCUT2D eigenvalue weighted by Gasteiger charge is -2.03. The summed E-state index contributed by atoms with van der Waals surface area (Å²) in [5, 5.41) is 0. The summed E-state index contributed by atoms with van der Waals surface area (Å²) in [4.78, 5) is 0. The van der Waals surface area contributed by atoms with Gasteiger partial charge in [0.1, 0.15) is 0 Å². The average molecular weight is 280 g/mol. The van der Waals surface area contributed by atoms with Crippen LogP contribution in [0.4, 0.5) is 0 Å². The van der Waals surface area contributed by atoms with Crippen LogP contribution in [0.1, 0.15) is 64.7 Å². The van der Waals surface area contributed by atoms with Gasteiger partial charge in [-0.1, -0.05) is 45.4 Å². The Balaban J connectivity index is 3.03. The maximum atomic E-state index is 10.5. The van der Waals surface area contributed by atoms with Gasteiger partial charge in [-0.2, -0.15) is 8.42 Å². The first-order chi connectivity index (χ1) is 8.56. The van der Waals surface area contributed by atoms with E-state index in [0.717, 1.165) is 45.3 Å². The molecule has 0 aromatic carbocycles. The van der Waals surface area contributed by atoms with E-state index < -0.39 is 10.1 Å². The molecule has 0 bridgehead atoms. The molecule has 0 heterocycles. The van der Waals surface area contributed by atoms with Gasteiger partial charge in [0.2, 0.25) is 0 Å². The summed E-state index contributed by atoms with van der Waals surface area (Å²) >= 11 is 0. The summed E-state index contributed by atoms with van der Waals surface area (Å²) in [6.45, 7) is 3.90. The van der Waals surface area contributed by atoms with E-state index >= 15 is 0 Å². The Bertz CT molecular complexity index is 262. The van der Waals surface area contributed by atoms with E-state index in [1.807, 2.05) is 0 Å². The first-order valence-corrected chi connectivity index (χ1v) is 8.70. The van der Waals surface area contributed by atoms with Crippen molar-refractivity contribution < 1.29 is 17.7 Å². The molecule has 18 heavy (non-hydrogen) atoms. The molecule has 0 saturated heterocycles. The van der Waals surface area contributed by atoms with E-state index in [1.165, 1.54) is 19.3 Å². The highest BCUT2D eigenvalue weighted by atomic mass is 32.2. The first-order valence-electron chi connectivity index (χ1n) is 7.09. The first kappa shape index (κ1) is 17.9. The van der Waals surface area contributed by atoms with Crippen LogP contribution in [-0.2, 0) is 14.9 Å². The third-order valence-corrected chi connectivity index (χ3v) is 3.64. The van der Waals surface area contributed by atoms with Crippen LogP contribution in [0, 0.1) is 0 Å². The third-order valence-electron chi connectivity index (χ3n) is 2.83. The predicted octanol–water partition coefficient (Wildman–Crippen LogP) is 3.42. The Morgan fingerprint density at radius 2 is 1.33 bits per heavy atom. The monoisotopic (exact) mass is 280 g/mol. The molecule has 1 N–H and O–H groups in total. The van der Waals surface area contributed by atoms with Gasteiger partial charge in [-0.05, 0) is 19.3 Å². The Hall–Kier alpha value is -0.130. The van der Waals surface area contributed by atoms with Crippen LogP contribution in [0.2, 0.25) is 0 Å². The van der Waals surface area contributed by atoms with Crippen LogP contribution in [0.5, 0.6) is 0 Å². The van der Waals surface area contributed by atoms with E-state index in [9.17, 15) is 8.42 Å². The molecule has 0 rings (SSSR count). The number of hydrogen-bond donors (Lipinski definition) is 1. The van der Waals surface area contributed by atoms with Gasteiger partial charge in [0, 0.05) is 13.2 Å². The second-order valence-corrected chi connectivity index (χ2v) is 6.30. The van der Waals surface area contributed by atoms with Gasteiger partial charge in [0.15, 0.2) is 0 Å². The molecule has 0 spiro atoms. The highest BCUT2D eigenvalue weighted by Crippen LogP contribution is 2.08. The van der Waals surface area contributed by atoms with E-state index in [0.29, 0.717) is 6.42 Å². The fraction of sp³-hybridized carbons (Fsp3) is 1.00. The topological polar surface area (TPSA) is 63.6 Å². The van der Waals surface area contributed by atoms with Crippen molar-refractivity contribution in [2.24, 2.45) is 0 Å². The van der Waals surface area contributed by atoms with Gasteiger partial charge in [0.25, 0.3) is 10.1 Å². The standard InChI is InChI=1S/C13H28O4S/c1-2-3-11-17-12-9-7-5-4-6-8-10-13-18(14,15)16/h2-13H2,1H3,(H,14,15,16). The predicted molar refractivity (Wildman–Crippen MR) is 74.5 cm³/mol. The zero-order chi connectivity index (χ0) is 13.7. The summed E-state index contributed by atoms with van der Waals surface area (Å²) in [5.74, 6) is -0.0989. The number of hydrogen-bond acceptors (Lipinski definition) is 3. The van der Waals surface area contributed by atoms with Crippen LogP contribution in [0.25, 0.3) is 0 Å². The second-order valence-electron chi connectivity index (χ2n) is 4.73. The lowest BCUT2D eigenvalue weighted by molar-refractivity contribution is 0.127. The maximum absolute atomic E-state index is 10.5. The van der Waals surface area contributed by atoms with Crippen molar-refractivity contribution in [3.05, 3.63) is 0 Å². The van der Waals surface area contributed by atoms with Gasteiger partial charge >= 0.3 is 0 Å². The van der Waals surface area contributed by atoms with Gasteiger partial charge in [-0.3, -0.25) is 4.55 Å². The molecule has 4 nitrogen and oxygen atoms in total. The van der Waals surface area contributed by atoms with Gasteiger partial charge in [0.05, 0.1) is 5.75 Å². The molecule has 0 aliphatic rings. The maximum Gasteiger partial charge on any atom is 0.264 e. The fourth-order valence-corrected chi connectivity index (χ4v) is 2.29. The van der Waals surface area contributed by atoms with Crippen molar-refractivity contribution in [3.8, 4) is 0 Å². The molecule has 5 heteroatoms. The molecule has 0 saturated carbocycles. The molecule has 0 radical (unpaired) electrons. The molecule has 0 fully saturated rings. The van der Waals surface area contributed by atoms with Crippen molar-refractivity contribution in [1.29, 1.82) is 0 Å². The van der Waals surface area contributed by atoms with Gasteiger partial charge in [-0.15, -0.1) is 0 Å². The molecular weight excluding hydrogens is 252 g/mol. The highest BCUT2D eigenvalue weighted by molar-refractivity contribution is 7.85. The number of unbranched alkanes of at least 4 members (excludes halogenated alkanes) is 7. The molecule has 0 atom stereocenters. The largest absolute Gasteiger partial charge is 0.381 e. The zero-order valence-corrected chi connectivity index (χ0v) is 12.4. The number of ether oxygens (including phenoxy) is 1. The Morgan fingerprint density at radius 3 is 1.89 bits per heavy atom. The van der Waals surface area contributed by atoms with Crippen molar-refractivity contribution >= 4 is 10.1 Å². The van der Waals surface area contributed by atoms with Crippen LogP contribution in [0.15, 0.2) is 0 Å². The second kappa shape index (κ2) is 11.9. The highest BCUT2D eigenvalue weighted by Gasteiger charge is 2.02. The number of rotatable bonds is 13. The summed E-state index contributed by atoms with van der Waals surface area (Å²) in [6.07, 6.45) is 9.46. The lowest BCUT2D eigenvalue weighted by atomic mass is 10.1. The minimum absolute atomic E-state index is 0.0989. The Morgan fingerprint density at radius 1 is 0.833 bits per heavy atom. The summed E-state index contributed by atoms with van der Waals surface area (Å²) in [7, 11) is -3.75. The van der Waals surface area contributed by atoms with E-state index in [1.54, 1.807) is 0 Å². The van der Waals surface area contributed by atoms with Crippen LogP contribution in [0.3, 0.4) is 0 Å². The van der Waals surface area contributed by atoms with Crippen LogP contribution in [-0.4, -0.2) is 31.9 Å². The van der Waals surface area contributed by atoms with Gasteiger partial charge in [-0.25, -0.2) is 0 Å². The lowest BCUT2D eigenvalue weighted by Crippen LogP contribution is -2.03. The smallest absolute Gasteiger partial charge is 0.264 e. The SMILES string of the molecule is CCCCOCCCCCCCCCS(=O)(=O)O. The van der Waals surface area contributed by atoms with Crippen LogP contribution < -0.4 is 0 Å². The summed E-state index contributed by atoms with van der Waals surface area (Å²) in [6, 6.07) is 0. The molecule has 0 aliphatic carbocycles. The third kappa shape index (κ3) is 15.9.